The minimum absolute atomic E-state index is 0.614. The van der Waals surface area contributed by atoms with Gasteiger partial charge >= 0.3 is 0 Å². The first-order valence-electron chi connectivity index (χ1n) is 7.27. The third-order valence-electron chi connectivity index (χ3n) is 4.35. The molecule has 0 amide bonds. The highest BCUT2D eigenvalue weighted by Crippen LogP contribution is 2.45. The molecule has 1 heterocycles. The maximum Gasteiger partial charge on any atom is 0.0130 e. The number of rotatable bonds is 7. The zero-order valence-electron chi connectivity index (χ0n) is 12.2. The SMILES string of the molecule is CSC[C@@H](C)NCC1(CN2CCN(C)CC2)CC1. The van der Waals surface area contributed by atoms with Gasteiger partial charge in [-0.25, -0.2) is 0 Å². The topological polar surface area (TPSA) is 18.5 Å². The first-order chi connectivity index (χ1) is 8.63. The number of hydrogen-bond donors (Lipinski definition) is 1. The van der Waals surface area contributed by atoms with Crippen molar-refractivity contribution in [2.45, 2.75) is 25.8 Å². The molecule has 0 radical (unpaired) electrons. The van der Waals surface area contributed by atoms with Crippen LogP contribution < -0.4 is 5.32 Å². The van der Waals surface area contributed by atoms with Crippen LogP contribution in [0.15, 0.2) is 0 Å². The maximum atomic E-state index is 3.73. The molecule has 4 heteroatoms. The van der Waals surface area contributed by atoms with Crippen molar-refractivity contribution in [1.82, 2.24) is 15.1 Å². The van der Waals surface area contributed by atoms with Crippen molar-refractivity contribution in [3.8, 4) is 0 Å². The Bertz CT molecular complexity index is 247. The molecule has 1 N–H and O–H groups in total. The van der Waals surface area contributed by atoms with Crippen LogP contribution in [0, 0.1) is 5.41 Å². The molecule has 2 rings (SSSR count). The second-order valence-electron chi connectivity index (χ2n) is 6.32. The van der Waals surface area contributed by atoms with Gasteiger partial charge in [0.05, 0.1) is 0 Å². The summed E-state index contributed by atoms with van der Waals surface area (Å²) in [5.41, 5.74) is 0.614. The van der Waals surface area contributed by atoms with Crippen molar-refractivity contribution in [2.24, 2.45) is 5.41 Å². The van der Waals surface area contributed by atoms with E-state index in [2.05, 4.69) is 35.3 Å². The van der Waals surface area contributed by atoms with Crippen LogP contribution in [0.3, 0.4) is 0 Å². The fourth-order valence-corrected chi connectivity index (χ4v) is 3.37. The fourth-order valence-electron chi connectivity index (χ4n) is 2.75. The molecule has 1 atom stereocenters. The van der Waals surface area contributed by atoms with Crippen LogP contribution in [-0.2, 0) is 0 Å². The summed E-state index contributed by atoms with van der Waals surface area (Å²) in [6.07, 6.45) is 5.05. The van der Waals surface area contributed by atoms with E-state index in [0.717, 1.165) is 0 Å². The minimum atomic E-state index is 0.614. The zero-order chi connectivity index (χ0) is 13.0. The van der Waals surface area contributed by atoms with Gasteiger partial charge in [-0.15, -0.1) is 0 Å². The number of likely N-dealkylation sites (N-methyl/N-ethyl adjacent to an activating group) is 1. The lowest BCUT2D eigenvalue weighted by atomic mass is 10.1. The Labute approximate surface area is 117 Å². The molecule has 1 saturated heterocycles. The summed E-state index contributed by atoms with van der Waals surface area (Å²) >= 11 is 1.94. The molecule has 0 aromatic heterocycles. The van der Waals surface area contributed by atoms with Gasteiger partial charge in [-0.2, -0.15) is 11.8 Å². The lowest BCUT2D eigenvalue weighted by Crippen LogP contribution is -2.48. The van der Waals surface area contributed by atoms with E-state index in [1.54, 1.807) is 0 Å². The lowest BCUT2D eigenvalue weighted by molar-refractivity contribution is 0.129. The quantitative estimate of drug-likeness (QED) is 0.753. The molecular formula is C14H29N3S. The van der Waals surface area contributed by atoms with Crippen LogP contribution in [0.25, 0.3) is 0 Å². The summed E-state index contributed by atoms with van der Waals surface area (Å²) in [6, 6.07) is 0.657. The number of nitrogens with one attached hydrogen (secondary N) is 1. The van der Waals surface area contributed by atoms with E-state index in [0.29, 0.717) is 11.5 Å². The molecule has 1 aliphatic heterocycles. The van der Waals surface area contributed by atoms with Gasteiger partial charge in [0.1, 0.15) is 0 Å². The molecule has 3 nitrogen and oxygen atoms in total. The van der Waals surface area contributed by atoms with Crippen molar-refractivity contribution < 1.29 is 0 Å². The summed E-state index contributed by atoms with van der Waals surface area (Å²) in [4.78, 5) is 5.11. The average molecular weight is 271 g/mol. The van der Waals surface area contributed by atoms with Crippen LogP contribution >= 0.6 is 11.8 Å². The molecule has 1 saturated carbocycles. The Hall–Kier alpha value is 0.230. The number of hydrogen-bond acceptors (Lipinski definition) is 4. The van der Waals surface area contributed by atoms with Gasteiger partial charge in [0.25, 0.3) is 0 Å². The molecule has 106 valence electrons. The third-order valence-corrected chi connectivity index (χ3v) is 5.19. The highest BCUT2D eigenvalue weighted by atomic mass is 32.2. The van der Waals surface area contributed by atoms with Gasteiger partial charge in [-0.05, 0) is 38.5 Å². The van der Waals surface area contributed by atoms with Crippen molar-refractivity contribution in [1.29, 1.82) is 0 Å². The fraction of sp³-hybridized carbons (Fsp3) is 1.00. The highest BCUT2D eigenvalue weighted by molar-refractivity contribution is 7.98. The van der Waals surface area contributed by atoms with Gasteiger partial charge in [-0.3, -0.25) is 0 Å². The average Bonchev–Trinajstić information content (AvgIpc) is 3.11. The van der Waals surface area contributed by atoms with Crippen LogP contribution in [-0.4, -0.2) is 74.2 Å². The molecule has 18 heavy (non-hydrogen) atoms. The predicted molar refractivity (Wildman–Crippen MR) is 81.5 cm³/mol. The Kier molecular flexibility index (Phi) is 5.36. The van der Waals surface area contributed by atoms with E-state index >= 15 is 0 Å². The van der Waals surface area contributed by atoms with Gasteiger partial charge in [-0.1, -0.05) is 0 Å². The van der Waals surface area contributed by atoms with Crippen LogP contribution in [0.4, 0.5) is 0 Å². The summed E-state index contributed by atoms with van der Waals surface area (Å²) < 4.78 is 0. The molecule has 2 aliphatic rings. The summed E-state index contributed by atoms with van der Waals surface area (Å²) in [7, 11) is 2.23. The summed E-state index contributed by atoms with van der Waals surface area (Å²) in [5, 5.41) is 3.73. The Morgan fingerprint density at radius 2 is 1.89 bits per heavy atom. The largest absolute Gasteiger partial charge is 0.313 e. The normalized spacial score (nSPS) is 26.2. The van der Waals surface area contributed by atoms with Crippen molar-refractivity contribution >= 4 is 11.8 Å². The van der Waals surface area contributed by atoms with Gasteiger partial charge < -0.3 is 15.1 Å². The molecular weight excluding hydrogens is 242 g/mol. The van der Waals surface area contributed by atoms with E-state index in [9.17, 15) is 0 Å². The predicted octanol–water partition coefficient (Wildman–Crippen LogP) is 1.36. The second-order valence-corrected chi connectivity index (χ2v) is 7.23. The van der Waals surface area contributed by atoms with E-state index in [4.69, 9.17) is 0 Å². The lowest BCUT2D eigenvalue weighted by Gasteiger charge is -2.35. The second kappa shape index (κ2) is 6.60. The van der Waals surface area contributed by atoms with E-state index < -0.39 is 0 Å². The first-order valence-corrected chi connectivity index (χ1v) is 8.66. The van der Waals surface area contributed by atoms with E-state index in [1.807, 2.05) is 11.8 Å². The molecule has 0 aromatic rings. The molecule has 2 fully saturated rings. The smallest absolute Gasteiger partial charge is 0.0130 e. The van der Waals surface area contributed by atoms with E-state index in [1.165, 1.54) is 57.9 Å². The molecule has 1 aliphatic carbocycles. The Morgan fingerprint density at radius 3 is 2.44 bits per heavy atom. The van der Waals surface area contributed by atoms with Crippen LogP contribution in [0.5, 0.6) is 0 Å². The molecule has 0 unspecified atom stereocenters. The zero-order valence-corrected chi connectivity index (χ0v) is 13.1. The standard InChI is InChI=1S/C14H29N3S/c1-13(10-18-3)15-11-14(4-5-14)12-17-8-6-16(2)7-9-17/h13,15H,4-12H2,1-3H3/t13-/m1/s1. The number of nitrogens with zero attached hydrogens (tertiary/aromatic N) is 2. The Morgan fingerprint density at radius 1 is 1.22 bits per heavy atom. The monoisotopic (exact) mass is 271 g/mol. The maximum absolute atomic E-state index is 3.73. The van der Waals surface area contributed by atoms with Gasteiger partial charge in [0.15, 0.2) is 0 Å². The Balaban J connectivity index is 1.68. The van der Waals surface area contributed by atoms with Crippen molar-refractivity contribution in [3.63, 3.8) is 0 Å². The summed E-state index contributed by atoms with van der Waals surface area (Å²) in [5.74, 6) is 1.23. The highest BCUT2D eigenvalue weighted by Gasteiger charge is 2.43. The van der Waals surface area contributed by atoms with E-state index in [-0.39, 0.29) is 0 Å². The van der Waals surface area contributed by atoms with Crippen LogP contribution in [0.1, 0.15) is 19.8 Å². The van der Waals surface area contributed by atoms with Gasteiger partial charge in [0.2, 0.25) is 0 Å². The number of piperazine rings is 1. The third kappa shape index (κ3) is 4.41. The number of thioether (sulfide) groups is 1. The first kappa shape index (κ1) is 14.6. The van der Waals surface area contributed by atoms with Crippen molar-refractivity contribution in [2.75, 3.05) is 58.3 Å². The van der Waals surface area contributed by atoms with Crippen LogP contribution in [0.2, 0.25) is 0 Å². The molecule has 0 aromatic carbocycles. The summed E-state index contributed by atoms with van der Waals surface area (Å²) in [6.45, 7) is 9.86. The molecule has 0 bridgehead atoms. The van der Waals surface area contributed by atoms with Gasteiger partial charge in [0, 0.05) is 51.1 Å². The minimum Gasteiger partial charge on any atom is -0.313 e. The van der Waals surface area contributed by atoms with Crippen molar-refractivity contribution in [3.05, 3.63) is 0 Å². The molecule has 0 spiro atoms.